The second kappa shape index (κ2) is 8.68. The molecule has 0 saturated heterocycles. The molecule has 1 aromatic carbocycles. The van der Waals surface area contributed by atoms with Crippen LogP contribution in [-0.4, -0.2) is 22.1 Å². The van der Waals surface area contributed by atoms with Gasteiger partial charge >= 0.3 is 5.97 Å². The minimum Gasteiger partial charge on any atom is -0.452 e. The van der Waals surface area contributed by atoms with E-state index in [-0.39, 0.29) is 18.4 Å². The highest BCUT2D eigenvalue weighted by molar-refractivity contribution is 9.11. The van der Waals surface area contributed by atoms with E-state index >= 15 is 0 Å². The minimum absolute atomic E-state index is 0.130. The van der Waals surface area contributed by atoms with Gasteiger partial charge in [-0.25, -0.2) is 4.79 Å². The number of anilines is 1. The number of rotatable bonds is 6. The second-order valence-corrected chi connectivity index (χ2v) is 9.10. The summed E-state index contributed by atoms with van der Waals surface area (Å²) in [5, 5.41) is 12.4. The average Bonchev–Trinajstić information content (AvgIpc) is 3.48. The van der Waals surface area contributed by atoms with Crippen molar-refractivity contribution in [2.24, 2.45) is 0 Å². The van der Waals surface area contributed by atoms with Crippen LogP contribution in [0, 0.1) is 0 Å². The van der Waals surface area contributed by atoms with Crippen LogP contribution in [0.4, 0.5) is 5.69 Å². The van der Waals surface area contributed by atoms with E-state index in [1.807, 2.05) is 23.6 Å². The second-order valence-electron chi connectivity index (χ2n) is 5.69. The zero-order valence-electron chi connectivity index (χ0n) is 14.6. The number of amides is 1. The normalized spacial score (nSPS) is 10.7. The lowest BCUT2D eigenvalue weighted by Crippen LogP contribution is -2.10. The average molecular weight is 490 g/mol. The molecule has 0 aliphatic heterocycles. The van der Waals surface area contributed by atoms with Crippen molar-refractivity contribution >= 4 is 56.2 Å². The molecule has 3 aromatic heterocycles. The van der Waals surface area contributed by atoms with Crippen LogP contribution >= 0.6 is 38.6 Å². The molecule has 4 aromatic rings. The van der Waals surface area contributed by atoms with E-state index in [1.54, 1.807) is 30.3 Å². The maximum Gasteiger partial charge on any atom is 0.338 e. The smallest absolute Gasteiger partial charge is 0.338 e. The number of esters is 1. The minimum atomic E-state index is -0.528. The molecule has 0 unspecified atom stereocenters. The molecule has 0 bridgehead atoms. The van der Waals surface area contributed by atoms with E-state index in [9.17, 15) is 9.59 Å². The highest BCUT2D eigenvalue weighted by atomic mass is 79.9. The highest BCUT2D eigenvalue weighted by Crippen LogP contribution is 2.30. The summed E-state index contributed by atoms with van der Waals surface area (Å²) in [5.74, 6) is -0.143. The third kappa shape index (κ3) is 4.78. The molecule has 0 aliphatic carbocycles. The Balaban J connectivity index is 1.33. The van der Waals surface area contributed by atoms with Crippen molar-refractivity contribution < 1.29 is 18.7 Å². The number of benzene rings is 1. The van der Waals surface area contributed by atoms with E-state index < -0.39 is 5.97 Å². The summed E-state index contributed by atoms with van der Waals surface area (Å²) in [4.78, 5) is 25.7. The highest BCUT2D eigenvalue weighted by Gasteiger charge is 2.14. The molecule has 4 rings (SSSR count). The van der Waals surface area contributed by atoms with Gasteiger partial charge in [0.15, 0.2) is 6.61 Å². The van der Waals surface area contributed by atoms with Gasteiger partial charge in [0, 0.05) is 5.69 Å². The van der Waals surface area contributed by atoms with Crippen LogP contribution in [0.25, 0.3) is 10.8 Å². The Labute approximate surface area is 181 Å². The van der Waals surface area contributed by atoms with Crippen molar-refractivity contribution in [2.75, 3.05) is 5.32 Å². The first-order valence-electron chi connectivity index (χ1n) is 8.28. The Hall–Kier alpha value is -2.82. The number of ether oxygens (including phenoxy) is 1. The Morgan fingerprint density at radius 3 is 2.62 bits per heavy atom. The Kier molecular flexibility index (Phi) is 5.84. The number of halogens is 1. The van der Waals surface area contributed by atoms with Crippen LogP contribution in [0.1, 0.15) is 25.9 Å². The van der Waals surface area contributed by atoms with E-state index in [0.717, 1.165) is 8.66 Å². The van der Waals surface area contributed by atoms with Gasteiger partial charge in [-0.2, -0.15) is 0 Å². The van der Waals surface area contributed by atoms with Crippen LogP contribution in [-0.2, 0) is 11.3 Å². The van der Waals surface area contributed by atoms with Gasteiger partial charge in [-0.05, 0) is 63.8 Å². The van der Waals surface area contributed by atoms with Gasteiger partial charge in [0.1, 0.15) is 0 Å². The van der Waals surface area contributed by atoms with Gasteiger partial charge in [-0.15, -0.1) is 32.9 Å². The number of aromatic nitrogens is 2. The Morgan fingerprint density at radius 1 is 1.10 bits per heavy atom. The summed E-state index contributed by atoms with van der Waals surface area (Å²) in [5.41, 5.74) is 0.935. The molecule has 1 amide bonds. The molecule has 29 heavy (non-hydrogen) atoms. The molecule has 0 saturated carbocycles. The fourth-order valence-electron chi connectivity index (χ4n) is 2.34. The van der Waals surface area contributed by atoms with Crippen molar-refractivity contribution in [2.45, 2.75) is 6.61 Å². The quantitative estimate of drug-likeness (QED) is 0.372. The molecule has 0 atom stereocenters. The molecule has 7 nitrogen and oxygen atoms in total. The first-order valence-corrected chi connectivity index (χ1v) is 10.8. The van der Waals surface area contributed by atoms with Gasteiger partial charge in [-0.3, -0.25) is 4.79 Å². The van der Waals surface area contributed by atoms with Crippen molar-refractivity contribution in [3.8, 4) is 10.8 Å². The van der Waals surface area contributed by atoms with E-state index in [0.29, 0.717) is 22.0 Å². The molecule has 3 heterocycles. The lowest BCUT2D eigenvalue weighted by Gasteiger charge is -2.05. The number of hydrogen-bond acceptors (Lipinski definition) is 8. The molecule has 146 valence electrons. The van der Waals surface area contributed by atoms with Gasteiger partial charge in [0.25, 0.3) is 17.7 Å². The van der Waals surface area contributed by atoms with Crippen molar-refractivity contribution in [1.82, 2.24) is 10.2 Å². The molecular weight excluding hydrogens is 478 g/mol. The summed E-state index contributed by atoms with van der Waals surface area (Å²) >= 11 is 6.20. The number of carbonyl (C=O) groups is 2. The van der Waals surface area contributed by atoms with Crippen LogP contribution in [0.3, 0.4) is 0 Å². The number of hydrogen-bond donors (Lipinski definition) is 1. The van der Waals surface area contributed by atoms with Crippen molar-refractivity contribution in [3.05, 3.63) is 74.0 Å². The Morgan fingerprint density at radius 2 is 1.93 bits per heavy atom. The zero-order chi connectivity index (χ0) is 20.2. The third-order valence-corrected chi connectivity index (χ3v) is 6.18. The number of carbonyl (C=O) groups excluding carboxylic acids is 2. The first kappa shape index (κ1) is 19.5. The fourth-order valence-corrected chi connectivity index (χ4v) is 4.27. The lowest BCUT2D eigenvalue weighted by atomic mass is 10.2. The molecule has 0 radical (unpaired) electrons. The van der Waals surface area contributed by atoms with Gasteiger partial charge in [-0.1, -0.05) is 6.07 Å². The standard InChI is InChI=1S/C19H12BrN3O4S2/c20-15-8-7-14(29-15)18-23-22-16(27-18)10-26-19(25)11-3-5-12(6-4-11)21-17(24)13-2-1-9-28-13/h1-9H,10H2,(H,21,24). The van der Waals surface area contributed by atoms with Gasteiger partial charge in [0.05, 0.1) is 19.1 Å². The Bertz CT molecular complexity index is 1140. The molecule has 0 spiro atoms. The van der Waals surface area contributed by atoms with Crippen LogP contribution in [0.15, 0.2) is 62.1 Å². The molecule has 1 N–H and O–H groups in total. The predicted octanol–water partition coefficient (Wildman–Crippen LogP) is 5.23. The number of nitrogens with one attached hydrogen (secondary N) is 1. The summed E-state index contributed by atoms with van der Waals surface area (Å²) in [6.07, 6.45) is 0. The number of nitrogens with zero attached hydrogens (tertiary/aromatic N) is 2. The third-order valence-electron chi connectivity index (χ3n) is 3.70. The largest absolute Gasteiger partial charge is 0.452 e. The van der Waals surface area contributed by atoms with Gasteiger partial charge in [0.2, 0.25) is 0 Å². The zero-order valence-corrected chi connectivity index (χ0v) is 17.8. The monoisotopic (exact) mass is 489 g/mol. The SMILES string of the molecule is O=C(OCc1nnc(-c2ccc(Br)s2)o1)c1ccc(NC(=O)c2cccs2)cc1. The van der Waals surface area contributed by atoms with Crippen molar-refractivity contribution in [1.29, 1.82) is 0 Å². The maximum atomic E-state index is 12.2. The van der Waals surface area contributed by atoms with Crippen LogP contribution in [0.5, 0.6) is 0 Å². The molecular formula is C19H12BrN3O4S2. The topological polar surface area (TPSA) is 94.3 Å². The first-order chi connectivity index (χ1) is 14.1. The molecule has 10 heteroatoms. The van der Waals surface area contributed by atoms with E-state index in [4.69, 9.17) is 9.15 Å². The lowest BCUT2D eigenvalue weighted by molar-refractivity contribution is 0.0438. The molecule has 0 fully saturated rings. The summed E-state index contributed by atoms with van der Waals surface area (Å²) in [7, 11) is 0. The summed E-state index contributed by atoms with van der Waals surface area (Å²) < 4.78 is 11.7. The fraction of sp³-hybridized carbons (Fsp3) is 0.0526. The van der Waals surface area contributed by atoms with E-state index in [1.165, 1.54) is 22.7 Å². The summed E-state index contributed by atoms with van der Waals surface area (Å²) in [6.45, 7) is -0.130. The van der Waals surface area contributed by atoms with Crippen LogP contribution < -0.4 is 5.32 Å². The molecule has 0 aliphatic rings. The van der Waals surface area contributed by atoms with Gasteiger partial charge < -0.3 is 14.5 Å². The van der Waals surface area contributed by atoms with E-state index in [2.05, 4.69) is 31.4 Å². The maximum absolute atomic E-state index is 12.2. The van der Waals surface area contributed by atoms with Crippen molar-refractivity contribution in [3.63, 3.8) is 0 Å². The predicted molar refractivity (Wildman–Crippen MR) is 113 cm³/mol. The van der Waals surface area contributed by atoms with Crippen LogP contribution in [0.2, 0.25) is 0 Å². The summed E-state index contributed by atoms with van der Waals surface area (Å²) in [6, 6.07) is 13.7. The number of thiophene rings is 2.